The highest BCUT2D eigenvalue weighted by Crippen LogP contribution is 2.32. The van der Waals surface area contributed by atoms with Crippen LogP contribution in [-0.4, -0.2) is 31.5 Å². The summed E-state index contributed by atoms with van der Waals surface area (Å²) in [6, 6.07) is 12.9. The van der Waals surface area contributed by atoms with Gasteiger partial charge >= 0.3 is 0 Å². The summed E-state index contributed by atoms with van der Waals surface area (Å²) in [5.41, 5.74) is 1.41. The number of thiazole rings is 1. The highest BCUT2D eigenvalue weighted by atomic mass is 32.1. The number of Topliss-reactive ketones (excluding diaryl/α,β-unsaturated/α-hetero) is 1. The van der Waals surface area contributed by atoms with Crippen LogP contribution in [0.3, 0.4) is 0 Å². The topological polar surface area (TPSA) is 60.5 Å². The van der Waals surface area contributed by atoms with Gasteiger partial charge < -0.3 is 14.8 Å². The normalized spacial score (nSPS) is 10.5. The Hall–Kier alpha value is -2.60. The monoisotopic (exact) mass is 328 g/mol. The molecule has 1 aromatic heterocycles. The number of fused-ring (bicyclic) bond motifs is 1. The number of anilines is 1. The number of hydrogen-bond acceptors (Lipinski definition) is 6. The Labute approximate surface area is 137 Å². The first-order chi connectivity index (χ1) is 11.2. The lowest BCUT2D eigenvalue weighted by atomic mass is 10.1. The molecule has 118 valence electrons. The molecule has 0 fully saturated rings. The third-order valence-corrected chi connectivity index (χ3v) is 4.37. The molecule has 0 aliphatic heterocycles. The minimum absolute atomic E-state index is 0.0184. The van der Waals surface area contributed by atoms with Gasteiger partial charge in [0, 0.05) is 5.56 Å². The molecule has 0 aliphatic carbocycles. The molecule has 0 saturated heterocycles. The zero-order chi connectivity index (χ0) is 16.2. The first-order valence-electron chi connectivity index (χ1n) is 7.06. The predicted octanol–water partition coefficient (Wildman–Crippen LogP) is 3.61. The van der Waals surface area contributed by atoms with E-state index in [2.05, 4.69) is 10.3 Å². The van der Waals surface area contributed by atoms with E-state index in [1.807, 2.05) is 24.3 Å². The summed E-state index contributed by atoms with van der Waals surface area (Å²) < 4.78 is 11.4. The average molecular weight is 328 g/mol. The van der Waals surface area contributed by atoms with E-state index in [9.17, 15) is 4.79 Å². The van der Waals surface area contributed by atoms with E-state index < -0.39 is 0 Å². The summed E-state index contributed by atoms with van der Waals surface area (Å²) in [6.45, 7) is 0.176. The molecule has 1 heterocycles. The first kappa shape index (κ1) is 15.3. The van der Waals surface area contributed by atoms with Crippen LogP contribution in [0.15, 0.2) is 42.5 Å². The van der Waals surface area contributed by atoms with Crippen molar-refractivity contribution in [2.24, 2.45) is 0 Å². The second kappa shape index (κ2) is 6.66. The number of ether oxygens (including phenoxy) is 2. The molecule has 2 aromatic carbocycles. The molecule has 1 N–H and O–H groups in total. The van der Waals surface area contributed by atoms with E-state index in [-0.39, 0.29) is 12.3 Å². The van der Waals surface area contributed by atoms with Crippen LogP contribution in [0.4, 0.5) is 5.13 Å². The quantitative estimate of drug-likeness (QED) is 0.701. The van der Waals surface area contributed by atoms with Crippen molar-refractivity contribution in [1.29, 1.82) is 0 Å². The van der Waals surface area contributed by atoms with Crippen molar-refractivity contribution in [3.63, 3.8) is 0 Å². The number of nitrogens with zero attached hydrogens (tertiary/aromatic N) is 1. The van der Waals surface area contributed by atoms with Crippen LogP contribution in [0, 0.1) is 0 Å². The fourth-order valence-corrected chi connectivity index (χ4v) is 3.10. The van der Waals surface area contributed by atoms with Gasteiger partial charge in [0.2, 0.25) is 0 Å². The minimum atomic E-state index is -0.0184. The molecule has 0 amide bonds. The summed E-state index contributed by atoms with van der Waals surface area (Å²) in [7, 11) is 3.20. The molecule has 3 aromatic rings. The van der Waals surface area contributed by atoms with Gasteiger partial charge in [-0.25, -0.2) is 4.98 Å². The van der Waals surface area contributed by atoms with Crippen LogP contribution in [0.5, 0.6) is 11.5 Å². The van der Waals surface area contributed by atoms with Crippen LogP contribution in [0.1, 0.15) is 10.4 Å². The van der Waals surface area contributed by atoms with Gasteiger partial charge in [0.25, 0.3) is 0 Å². The van der Waals surface area contributed by atoms with Crippen molar-refractivity contribution in [3.05, 3.63) is 48.0 Å². The molecular formula is C17H16N2O3S. The maximum absolute atomic E-state index is 12.3. The van der Waals surface area contributed by atoms with E-state index in [0.29, 0.717) is 16.4 Å². The van der Waals surface area contributed by atoms with Crippen LogP contribution in [0.25, 0.3) is 10.2 Å². The summed E-state index contributed by atoms with van der Waals surface area (Å²) in [5, 5.41) is 3.78. The number of carbonyl (C=O) groups is 1. The smallest absolute Gasteiger partial charge is 0.184 e. The number of ketones is 1. The second-order valence-corrected chi connectivity index (χ2v) is 5.87. The van der Waals surface area contributed by atoms with E-state index >= 15 is 0 Å². The van der Waals surface area contributed by atoms with Gasteiger partial charge in [0.1, 0.15) is 17.0 Å². The van der Waals surface area contributed by atoms with Gasteiger partial charge in [0.05, 0.1) is 25.5 Å². The Balaban J connectivity index is 1.74. The van der Waals surface area contributed by atoms with Crippen molar-refractivity contribution in [2.75, 3.05) is 26.1 Å². The van der Waals surface area contributed by atoms with Gasteiger partial charge in [-0.3, -0.25) is 4.79 Å². The number of hydrogen-bond donors (Lipinski definition) is 1. The summed E-state index contributed by atoms with van der Waals surface area (Å²) in [4.78, 5) is 16.7. The van der Waals surface area contributed by atoms with Gasteiger partial charge in [-0.15, -0.1) is 0 Å². The third-order valence-electron chi connectivity index (χ3n) is 3.39. The number of para-hydroxylation sites is 1. The van der Waals surface area contributed by atoms with Crippen LogP contribution >= 0.6 is 11.3 Å². The van der Waals surface area contributed by atoms with Crippen LogP contribution < -0.4 is 14.8 Å². The molecule has 3 rings (SSSR count). The SMILES string of the molecule is COc1cccc(C(=O)CNc2nc3c(OC)cccc3s2)c1. The molecule has 5 nitrogen and oxygen atoms in total. The zero-order valence-electron chi connectivity index (χ0n) is 12.8. The Morgan fingerprint density at radius 3 is 2.78 bits per heavy atom. The average Bonchev–Trinajstić information content (AvgIpc) is 3.02. The van der Waals surface area contributed by atoms with Crippen molar-refractivity contribution in [1.82, 2.24) is 4.98 Å². The molecule has 23 heavy (non-hydrogen) atoms. The lowest BCUT2D eigenvalue weighted by Crippen LogP contribution is -2.13. The van der Waals surface area contributed by atoms with Gasteiger partial charge in [0.15, 0.2) is 10.9 Å². The molecule has 0 radical (unpaired) electrons. The van der Waals surface area contributed by atoms with Gasteiger partial charge in [-0.2, -0.15) is 0 Å². The molecule has 0 atom stereocenters. The number of aromatic nitrogens is 1. The molecule has 0 bridgehead atoms. The summed E-state index contributed by atoms with van der Waals surface area (Å²) in [6.07, 6.45) is 0. The molecular weight excluding hydrogens is 312 g/mol. The third kappa shape index (κ3) is 3.27. The van der Waals surface area contributed by atoms with Crippen molar-refractivity contribution in [2.45, 2.75) is 0 Å². The lowest BCUT2D eigenvalue weighted by Gasteiger charge is -2.04. The fraction of sp³-hybridized carbons (Fsp3) is 0.176. The van der Waals surface area contributed by atoms with E-state index in [1.165, 1.54) is 11.3 Å². The zero-order valence-corrected chi connectivity index (χ0v) is 13.6. The Morgan fingerprint density at radius 2 is 2.00 bits per heavy atom. The minimum Gasteiger partial charge on any atom is -0.497 e. The van der Waals surface area contributed by atoms with E-state index in [4.69, 9.17) is 9.47 Å². The van der Waals surface area contributed by atoms with Gasteiger partial charge in [-0.1, -0.05) is 29.5 Å². The number of rotatable bonds is 6. The molecule has 0 aliphatic rings. The van der Waals surface area contributed by atoms with Crippen molar-refractivity contribution in [3.8, 4) is 11.5 Å². The summed E-state index contributed by atoms with van der Waals surface area (Å²) >= 11 is 1.49. The van der Waals surface area contributed by atoms with E-state index in [1.54, 1.807) is 32.4 Å². The lowest BCUT2D eigenvalue weighted by molar-refractivity contribution is 0.101. The second-order valence-electron chi connectivity index (χ2n) is 4.83. The Bertz CT molecular complexity index is 845. The number of carbonyl (C=O) groups excluding carboxylic acids is 1. The molecule has 0 unspecified atom stereocenters. The standard InChI is InChI=1S/C17H16N2O3S/c1-21-12-6-3-5-11(9-12)13(20)10-18-17-19-16-14(22-2)7-4-8-15(16)23-17/h3-9H,10H2,1-2H3,(H,18,19). The maximum Gasteiger partial charge on any atom is 0.184 e. The molecule has 0 saturated carbocycles. The van der Waals surface area contributed by atoms with Gasteiger partial charge in [-0.05, 0) is 24.3 Å². The largest absolute Gasteiger partial charge is 0.497 e. The Morgan fingerprint density at radius 1 is 1.17 bits per heavy atom. The molecule has 0 spiro atoms. The summed E-state index contributed by atoms with van der Waals surface area (Å²) in [5.74, 6) is 1.38. The predicted molar refractivity (Wildman–Crippen MR) is 92.0 cm³/mol. The fourth-order valence-electron chi connectivity index (χ4n) is 2.22. The maximum atomic E-state index is 12.3. The highest BCUT2D eigenvalue weighted by molar-refractivity contribution is 7.22. The highest BCUT2D eigenvalue weighted by Gasteiger charge is 2.11. The molecule has 6 heteroatoms. The van der Waals surface area contributed by atoms with Crippen molar-refractivity contribution >= 4 is 32.5 Å². The Kier molecular flexibility index (Phi) is 4.43. The number of methoxy groups -OCH3 is 2. The number of nitrogens with one attached hydrogen (secondary N) is 1. The van der Waals surface area contributed by atoms with Crippen LogP contribution in [-0.2, 0) is 0 Å². The van der Waals surface area contributed by atoms with Crippen molar-refractivity contribution < 1.29 is 14.3 Å². The number of benzene rings is 2. The first-order valence-corrected chi connectivity index (χ1v) is 7.87. The van der Waals surface area contributed by atoms with Crippen LogP contribution in [0.2, 0.25) is 0 Å². The van der Waals surface area contributed by atoms with E-state index in [0.717, 1.165) is 16.0 Å².